The van der Waals surface area contributed by atoms with Crippen LogP contribution in [-0.4, -0.2) is 50.8 Å². The van der Waals surface area contributed by atoms with Crippen molar-refractivity contribution < 1.29 is 4.74 Å². The van der Waals surface area contributed by atoms with Crippen LogP contribution in [0.5, 0.6) is 0 Å². The second-order valence-corrected chi connectivity index (χ2v) is 4.72. The number of ether oxygens (including phenoxy) is 1. The topological polar surface area (TPSA) is 24.5 Å². The zero-order valence-corrected chi connectivity index (χ0v) is 10.5. The first-order valence-corrected chi connectivity index (χ1v) is 6.21. The lowest BCUT2D eigenvalue weighted by Crippen LogP contribution is -2.46. The van der Waals surface area contributed by atoms with E-state index < -0.39 is 0 Å². The number of rotatable bonds is 6. The average Bonchev–Trinajstić information content (AvgIpc) is 2.18. The molecule has 1 aliphatic heterocycles. The summed E-state index contributed by atoms with van der Waals surface area (Å²) in [6.45, 7) is 10.00. The summed E-state index contributed by atoms with van der Waals surface area (Å²) in [6, 6.07) is 0.491. The molecule has 90 valence electrons. The van der Waals surface area contributed by atoms with Gasteiger partial charge in [0.1, 0.15) is 0 Å². The highest BCUT2D eigenvalue weighted by Gasteiger charge is 2.19. The van der Waals surface area contributed by atoms with Crippen molar-refractivity contribution in [2.75, 3.05) is 39.9 Å². The van der Waals surface area contributed by atoms with E-state index in [0.29, 0.717) is 6.04 Å². The zero-order chi connectivity index (χ0) is 11.1. The van der Waals surface area contributed by atoms with Crippen molar-refractivity contribution in [3.8, 4) is 0 Å². The number of nitrogens with one attached hydrogen (secondary N) is 1. The smallest absolute Gasteiger partial charge is 0.0628 e. The van der Waals surface area contributed by atoms with Crippen LogP contribution in [0.2, 0.25) is 0 Å². The summed E-state index contributed by atoms with van der Waals surface area (Å²) in [5.74, 6) is 0.864. The molecule has 2 unspecified atom stereocenters. The molecule has 1 heterocycles. The maximum atomic E-state index is 5.24. The van der Waals surface area contributed by atoms with Gasteiger partial charge >= 0.3 is 0 Å². The zero-order valence-electron chi connectivity index (χ0n) is 10.5. The Hall–Kier alpha value is -0.120. The van der Waals surface area contributed by atoms with E-state index in [0.717, 1.165) is 25.6 Å². The third-order valence-electron chi connectivity index (χ3n) is 3.08. The fourth-order valence-electron chi connectivity index (χ4n) is 2.43. The third-order valence-corrected chi connectivity index (χ3v) is 3.08. The molecule has 0 aromatic carbocycles. The molecule has 1 aliphatic rings. The Kier molecular flexibility index (Phi) is 6.22. The van der Waals surface area contributed by atoms with Gasteiger partial charge in [-0.05, 0) is 31.8 Å². The number of likely N-dealkylation sites (tertiary alicyclic amines) is 1. The summed E-state index contributed by atoms with van der Waals surface area (Å²) >= 11 is 0. The van der Waals surface area contributed by atoms with E-state index in [2.05, 4.69) is 24.1 Å². The molecule has 3 nitrogen and oxygen atoms in total. The lowest BCUT2D eigenvalue weighted by molar-refractivity contribution is 0.117. The highest BCUT2D eigenvalue weighted by atomic mass is 16.5. The highest BCUT2D eigenvalue weighted by molar-refractivity contribution is 4.76. The molecule has 1 N–H and O–H groups in total. The average molecular weight is 214 g/mol. The van der Waals surface area contributed by atoms with E-state index in [1.165, 1.54) is 25.9 Å². The normalized spacial score (nSPS) is 25.4. The fraction of sp³-hybridized carbons (Fsp3) is 1.00. The summed E-state index contributed by atoms with van der Waals surface area (Å²) in [6.07, 6.45) is 2.75. The van der Waals surface area contributed by atoms with Crippen LogP contribution in [0.15, 0.2) is 0 Å². The van der Waals surface area contributed by atoms with E-state index in [4.69, 9.17) is 4.74 Å². The molecule has 1 fully saturated rings. The minimum absolute atomic E-state index is 0.491. The second kappa shape index (κ2) is 7.20. The van der Waals surface area contributed by atoms with Gasteiger partial charge in [0.15, 0.2) is 0 Å². The molecule has 0 aliphatic carbocycles. The number of methoxy groups -OCH3 is 1. The van der Waals surface area contributed by atoms with E-state index in [1.807, 2.05) is 0 Å². The molecule has 0 bridgehead atoms. The quantitative estimate of drug-likeness (QED) is 0.722. The van der Waals surface area contributed by atoms with E-state index in [1.54, 1.807) is 7.11 Å². The van der Waals surface area contributed by atoms with E-state index >= 15 is 0 Å². The molecule has 15 heavy (non-hydrogen) atoms. The first-order valence-electron chi connectivity index (χ1n) is 6.21. The Morgan fingerprint density at radius 1 is 1.53 bits per heavy atom. The van der Waals surface area contributed by atoms with Gasteiger partial charge in [0.05, 0.1) is 6.61 Å². The van der Waals surface area contributed by atoms with Crippen LogP contribution in [0.1, 0.15) is 26.7 Å². The maximum absolute atomic E-state index is 5.24. The molecule has 0 saturated carbocycles. The van der Waals surface area contributed by atoms with Gasteiger partial charge in [-0.25, -0.2) is 0 Å². The second-order valence-electron chi connectivity index (χ2n) is 4.72. The van der Waals surface area contributed by atoms with Crippen molar-refractivity contribution in [3.05, 3.63) is 0 Å². The third kappa shape index (κ3) is 4.96. The molecule has 0 aromatic heterocycles. The SMILES string of the molecule is CCNC(COC)CN1CCCC(C)C1. The van der Waals surface area contributed by atoms with Gasteiger partial charge in [-0.2, -0.15) is 0 Å². The Balaban J connectivity index is 2.28. The number of hydrogen-bond donors (Lipinski definition) is 1. The molecule has 0 amide bonds. The molecule has 3 heteroatoms. The van der Waals surface area contributed by atoms with Crippen LogP contribution in [0.25, 0.3) is 0 Å². The lowest BCUT2D eigenvalue weighted by Gasteiger charge is -2.33. The summed E-state index contributed by atoms with van der Waals surface area (Å²) in [4.78, 5) is 2.57. The highest BCUT2D eigenvalue weighted by Crippen LogP contribution is 2.15. The summed E-state index contributed by atoms with van der Waals surface area (Å²) in [5.41, 5.74) is 0. The fourth-order valence-corrected chi connectivity index (χ4v) is 2.43. The van der Waals surface area contributed by atoms with Crippen molar-refractivity contribution in [1.82, 2.24) is 10.2 Å². The van der Waals surface area contributed by atoms with Gasteiger partial charge in [0, 0.05) is 26.2 Å². The van der Waals surface area contributed by atoms with E-state index in [-0.39, 0.29) is 0 Å². The Labute approximate surface area is 94.2 Å². The molecular formula is C12H26N2O. The maximum Gasteiger partial charge on any atom is 0.0628 e. The Morgan fingerprint density at radius 2 is 2.33 bits per heavy atom. The van der Waals surface area contributed by atoms with Gasteiger partial charge in [0.2, 0.25) is 0 Å². The molecule has 1 saturated heterocycles. The van der Waals surface area contributed by atoms with Crippen molar-refractivity contribution in [2.24, 2.45) is 5.92 Å². The minimum atomic E-state index is 0.491. The Bertz CT molecular complexity index is 155. The summed E-state index contributed by atoms with van der Waals surface area (Å²) in [7, 11) is 1.78. The largest absolute Gasteiger partial charge is 0.383 e. The summed E-state index contributed by atoms with van der Waals surface area (Å²) in [5, 5.41) is 3.48. The molecule has 0 spiro atoms. The van der Waals surface area contributed by atoms with Crippen LogP contribution >= 0.6 is 0 Å². The number of nitrogens with zero attached hydrogens (tertiary/aromatic N) is 1. The van der Waals surface area contributed by atoms with Crippen LogP contribution in [0.4, 0.5) is 0 Å². The van der Waals surface area contributed by atoms with E-state index in [9.17, 15) is 0 Å². The molecular weight excluding hydrogens is 188 g/mol. The van der Waals surface area contributed by atoms with Crippen molar-refractivity contribution in [3.63, 3.8) is 0 Å². The van der Waals surface area contributed by atoms with Crippen LogP contribution in [0, 0.1) is 5.92 Å². The predicted molar refractivity (Wildman–Crippen MR) is 64.2 cm³/mol. The number of piperidine rings is 1. The van der Waals surface area contributed by atoms with Crippen molar-refractivity contribution in [2.45, 2.75) is 32.7 Å². The first kappa shape index (κ1) is 12.9. The van der Waals surface area contributed by atoms with Gasteiger partial charge < -0.3 is 15.0 Å². The predicted octanol–water partition coefficient (Wildman–Crippen LogP) is 1.34. The van der Waals surface area contributed by atoms with Gasteiger partial charge in [-0.15, -0.1) is 0 Å². The van der Waals surface area contributed by atoms with Crippen LogP contribution in [0.3, 0.4) is 0 Å². The lowest BCUT2D eigenvalue weighted by atomic mass is 10.00. The van der Waals surface area contributed by atoms with Crippen molar-refractivity contribution >= 4 is 0 Å². The first-order chi connectivity index (χ1) is 7.26. The van der Waals surface area contributed by atoms with Crippen LogP contribution < -0.4 is 5.32 Å². The van der Waals surface area contributed by atoms with Gasteiger partial charge in [-0.1, -0.05) is 13.8 Å². The molecule has 0 aromatic rings. The van der Waals surface area contributed by atoms with Crippen molar-refractivity contribution in [1.29, 1.82) is 0 Å². The standard InChI is InChI=1S/C12H26N2O/c1-4-13-12(10-15-3)9-14-7-5-6-11(2)8-14/h11-13H,4-10H2,1-3H3. The molecule has 2 atom stereocenters. The number of likely N-dealkylation sites (N-methyl/N-ethyl adjacent to an activating group) is 1. The molecule has 0 radical (unpaired) electrons. The Morgan fingerprint density at radius 3 is 2.93 bits per heavy atom. The molecule has 1 rings (SSSR count). The summed E-state index contributed by atoms with van der Waals surface area (Å²) < 4.78 is 5.24. The van der Waals surface area contributed by atoms with Gasteiger partial charge in [0.25, 0.3) is 0 Å². The van der Waals surface area contributed by atoms with Crippen LogP contribution in [-0.2, 0) is 4.74 Å². The monoisotopic (exact) mass is 214 g/mol. The number of hydrogen-bond acceptors (Lipinski definition) is 3. The van der Waals surface area contributed by atoms with Gasteiger partial charge in [-0.3, -0.25) is 0 Å². The minimum Gasteiger partial charge on any atom is -0.383 e.